The Labute approximate surface area is 107 Å². The van der Waals surface area contributed by atoms with Gasteiger partial charge in [-0.05, 0) is 50.7 Å². The second-order valence-corrected chi connectivity index (χ2v) is 5.29. The number of hydrogen-bond acceptors (Lipinski definition) is 3. The summed E-state index contributed by atoms with van der Waals surface area (Å²) in [5, 5.41) is 12.4. The van der Waals surface area contributed by atoms with Crippen LogP contribution in [0.1, 0.15) is 48.7 Å². The van der Waals surface area contributed by atoms with Crippen LogP contribution in [0.25, 0.3) is 0 Å². The number of carbonyl (C=O) groups is 1. The summed E-state index contributed by atoms with van der Waals surface area (Å²) in [6.45, 7) is 4.10. The molecule has 98 valence electrons. The van der Waals surface area contributed by atoms with Crippen LogP contribution in [0.3, 0.4) is 0 Å². The molecule has 0 saturated heterocycles. The molecule has 0 aliphatic heterocycles. The average Bonchev–Trinajstić information content (AvgIpc) is 2.31. The maximum atomic E-state index is 11.0. The van der Waals surface area contributed by atoms with E-state index in [0.29, 0.717) is 17.4 Å². The maximum Gasteiger partial charge on any atom is 0.335 e. The molecule has 0 bridgehead atoms. The highest BCUT2D eigenvalue weighted by atomic mass is 16.4. The molecule has 1 fully saturated rings. The molecule has 0 amide bonds. The zero-order valence-electron chi connectivity index (χ0n) is 10.9. The van der Waals surface area contributed by atoms with Crippen molar-refractivity contribution in [2.75, 3.05) is 5.32 Å². The number of aromatic nitrogens is 1. The Kier molecular flexibility index (Phi) is 3.84. The quantitative estimate of drug-likeness (QED) is 0.863. The van der Waals surface area contributed by atoms with Gasteiger partial charge in [0.05, 0.1) is 5.56 Å². The van der Waals surface area contributed by atoms with E-state index in [1.807, 2.05) is 6.92 Å². The van der Waals surface area contributed by atoms with Gasteiger partial charge in [0.15, 0.2) is 0 Å². The van der Waals surface area contributed by atoms with E-state index in [-0.39, 0.29) is 0 Å². The van der Waals surface area contributed by atoms with Crippen molar-refractivity contribution >= 4 is 11.8 Å². The first-order valence-electron chi connectivity index (χ1n) is 6.53. The van der Waals surface area contributed by atoms with Crippen LogP contribution >= 0.6 is 0 Å². The zero-order valence-corrected chi connectivity index (χ0v) is 10.9. The third-order valence-electron chi connectivity index (χ3n) is 3.57. The number of aryl methyl sites for hydroxylation is 1. The van der Waals surface area contributed by atoms with Gasteiger partial charge in [-0.3, -0.25) is 0 Å². The third-order valence-corrected chi connectivity index (χ3v) is 3.57. The molecule has 0 aromatic carbocycles. The molecule has 2 N–H and O–H groups in total. The fourth-order valence-electron chi connectivity index (χ4n) is 2.48. The lowest BCUT2D eigenvalue weighted by Gasteiger charge is -2.27. The minimum Gasteiger partial charge on any atom is -0.478 e. The normalized spacial score (nSPS) is 23.7. The number of pyridine rings is 1. The van der Waals surface area contributed by atoms with Gasteiger partial charge in [0.2, 0.25) is 0 Å². The van der Waals surface area contributed by atoms with E-state index >= 15 is 0 Å². The van der Waals surface area contributed by atoms with E-state index in [4.69, 9.17) is 5.11 Å². The highest BCUT2D eigenvalue weighted by Crippen LogP contribution is 2.25. The first kappa shape index (κ1) is 12.9. The summed E-state index contributed by atoms with van der Waals surface area (Å²) >= 11 is 0. The fourth-order valence-corrected chi connectivity index (χ4v) is 2.48. The average molecular weight is 248 g/mol. The minimum absolute atomic E-state index is 0.300. The second kappa shape index (κ2) is 5.38. The van der Waals surface area contributed by atoms with Crippen LogP contribution in [-0.4, -0.2) is 22.1 Å². The molecule has 1 aliphatic rings. The van der Waals surface area contributed by atoms with Crippen LogP contribution in [0.5, 0.6) is 0 Å². The monoisotopic (exact) mass is 248 g/mol. The van der Waals surface area contributed by atoms with E-state index in [0.717, 1.165) is 24.5 Å². The zero-order chi connectivity index (χ0) is 13.1. The summed E-state index contributed by atoms with van der Waals surface area (Å²) in [6, 6.07) is 3.64. The van der Waals surface area contributed by atoms with Crippen LogP contribution in [0.2, 0.25) is 0 Å². The Bertz CT molecular complexity index is 437. The molecule has 1 aliphatic carbocycles. The van der Waals surface area contributed by atoms with Crippen LogP contribution < -0.4 is 5.32 Å². The smallest absolute Gasteiger partial charge is 0.335 e. The topological polar surface area (TPSA) is 62.2 Å². The van der Waals surface area contributed by atoms with Crippen molar-refractivity contribution < 1.29 is 9.90 Å². The summed E-state index contributed by atoms with van der Waals surface area (Å²) in [5.74, 6) is 0.593. The molecule has 18 heavy (non-hydrogen) atoms. The van der Waals surface area contributed by atoms with E-state index < -0.39 is 5.97 Å². The van der Waals surface area contributed by atoms with Gasteiger partial charge in [-0.15, -0.1) is 0 Å². The lowest BCUT2D eigenvalue weighted by Crippen LogP contribution is -2.25. The van der Waals surface area contributed by atoms with Gasteiger partial charge in [-0.25, -0.2) is 9.78 Å². The number of rotatable bonds is 3. The lowest BCUT2D eigenvalue weighted by molar-refractivity contribution is 0.0696. The molecule has 0 unspecified atom stereocenters. The SMILES string of the molecule is Cc1cc(C(=O)O)cc(NC2CCC(C)CC2)n1. The Hall–Kier alpha value is -1.58. The molecule has 4 nitrogen and oxygen atoms in total. The maximum absolute atomic E-state index is 11.0. The highest BCUT2D eigenvalue weighted by molar-refractivity contribution is 5.88. The van der Waals surface area contributed by atoms with Gasteiger partial charge in [0, 0.05) is 11.7 Å². The first-order valence-corrected chi connectivity index (χ1v) is 6.53. The molecule has 2 rings (SSSR count). The molecular formula is C14H20N2O2. The van der Waals surface area contributed by atoms with Gasteiger partial charge in [-0.2, -0.15) is 0 Å². The Balaban J connectivity index is 2.07. The number of hydrogen-bond donors (Lipinski definition) is 2. The molecule has 0 spiro atoms. The van der Waals surface area contributed by atoms with Gasteiger partial charge >= 0.3 is 5.97 Å². The van der Waals surface area contributed by atoms with Crippen LogP contribution in [0, 0.1) is 12.8 Å². The van der Waals surface area contributed by atoms with E-state index in [1.54, 1.807) is 12.1 Å². The summed E-state index contributed by atoms with van der Waals surface area (Å²) < 4.78 is 0. The molecule has 4 heteroatoms. The van der Waals surface area contributed by atoms with E-state index in [1.165, 1.54) is 12.8 Å². The first-order chi connectivity index (χ1) is 8.54. The van der Waals surface area contributed by atoms with Crippen LogP contribution in [0.15, 0.2) is 12.1 Å². The van der Waals surface area contributed by atoms with Crippen molar-refractivity contribution in [3.8, 4) is 0 Å². The van der Waals surface area contributed by atoms with Crippen LogP contribution in [0.4, 0.5) is 5.82 Å². The van der Waals surface area contributed by atoms with Crippen molar-refractivity contribution in [1.82, 2.24) is 4.98 Å². The van der Waals surface area contributed by atoms with Gasteiger partial charge in [0.25, 0.3) is 0 Å². The van der Waals surface area contributed by atoms with Crippen molar-refractivity contribution in [3.05, 3.63) is 23.4 Å². The number of anilines is 1. The van der Waals surface area contributed by atoms with Gasteiger partial charge in [-0.1, -0.05) is 6.92 Å². The summed E-state index contributed by atoms with van der Waals surface area (Å²) in [6.07, 6.45) is 4.74. The number of carboxylic acids is 1. The molecule has 1 aromatic rings. The number of aromatic carboxylic acids is 1. The van der Waals surface area contributed by atoms with Gasteiger partial charge in [0.1, 0.15) is 5.82 Å². The number of carboxylic acid groups (broad SMARTS) is 1. The number of nitrogens with zero attached hydrogens (tertiary/aromatic N) is 1. The Morgan fingerprint density at radius 1 is 1.33 bits per heavy atom. The summed E-state index contributed by atoms with van der Waals surface area (Å²) in [5.41, 5.74) is 1.04. The van der Waals surface area contributed by atoms with E-state index in [2.05, 4.69) is 17.2 Å². The molecular weight excluding hydrogens is 228 g/mol. The molecule has 0 atom stereocenters. The fraction of sp³-hybridized carbons (Fsp3) is 0.571. The molecule has 1 aromatic heterocycles. The van der Waals surface area contributed by atoms with Gasteiger partial charge < -0.3 is 10.4 Å². The molecule has 0 radical (unpaired) electrons. The van der Waals surface area contributed by atoms with Crippen molar-refractivity contribution in [2.24, 2.45) is 5.92 Å². The van der Waals surface area contributed by atoms with Crippen LogP contribution in [-0.2, 0) is 0 Å². The van der Waals surface area contributed by atoms with Crippen molar-refractivity contribution in [3.63, 3.8) is 0 Å². The highest BCUT2D eigenvalue weighted by Gasteiger charge is 2.18. The Morgan fingerprint density at radius 2 is 2.00 bits per heavy atom. The molecule has 1 heterocycles. The predicted molar refractivity (Wildman–Crippen MR) is 71.0 cm³/mol. The summed E-state index contributed by atoms with van der Waals surface area (Å²) in [7, 11) is 0. The van der Waals surface area contributed by atoms with E-state index in [9.17, 15) is 4.79 Å². The van der Waals surface area contributed by atoms with Crippen molar-refractivity contribution in [2.45, 2.75) is 45.6 Å². The number of nitrogens with one attached hydrogen (secondary N) is 1. The summed E-state index contributed by atoms with van der Waals surface area (Å²) in [4.78, 5) is 15.3. The Morgan fingerprint density at radius 3 is 2.61 bits per heavy atom. The minimum atomic E-state index is -0.902. The molecule has 1 saturated carbocycles. The van der Waals surface area contributed by atoms with Crippen molar-refractivity contribution in [1.29, 1.82) is 0 Å². The second-order valence-electron chi connectivity index (χ2n) is 5.29. The standard InChI is InChI=1S/C14H20N2O2/c1-9-3-5-12(6-4-9)16-13-8-11(14(17)18)7-10(2)15-13/h7-9,12H,3-6H2,1-2H3,(H,15,16)(H,17,18). The lowest BCUT2D eigenvalue weighted by atomic mass is 9.87. The third kappa shape index (κ3) is 3.22. The largest absolute Gasteiger partial charge is 0.478 e. The predicted octanol–water partition coefficient (Wildman–Crippen LogP) is 3.08.